The molecule has 0 aliphatic heterocycles. The molecule has 216 valence electrons. The summed E-state index contributed by atoms with van der Waals surface area (Å²) in [6.45, 7) is 9.39. The molecule has 0 saturated carbocycles. The first kappa shape index (κ1) is 31.8. The Morgan fingerprint density at radius 1 is 0.846 bits per heavy atom. The van der Waals surface area contributed by atoms with Crippen molar-refractivity contribution in [3.05, 3.63) is 41.2 Å². The minimum Gasteiger partial charge on any atom is -0.465 e. The van der Waals surface area contributed by atoms with Crippen LogP contribution in [0.3, 0.4) is 0 Å². The third-order valence-corrected chi connectivity index (χ3v) is 5.73. The predicted molar refractivity (Wildman–Crippen MR) is 151 cm³/mol. The van der Waals surface area contributed by atoms with E-state index in [0.717, 1.165) is 37.8 Å². The van der Waals surface area contributed by atoms with Gasteiger partial charge in [-0.05, 0) is 58.2 Å². The van der Waals surface area contributed by atoms with Crippen molar-refractivity contribution in [1.29, 1.82) is 0 Å². The molecule has 2 rings (SSSR count). The zero-order valence-corrected chi connectivity index (χ0v) is 24.2. The standard InChI is InChI=1S/C29H45N5O5/c1-6-38-27-33-24(21-22-15-17-23(18-16-22)25(35)37-5)32-26(34-27)30-19-13-11-9-7-8-10-12-14-20-31-28(36)39-29(2,3)4/h15-18H,6-14,19-21H2,1-5H3,(H,31,36)(H,30,32,33,34). The second-order valence-corrected chi connectivity index (χ2v) is 10.3. The van der Waals surface area contributed by atoms with E-state index >= 15 is 0 Å². The van der Waals surface area contributed by atoms with E-state index in [4.69, 9.17) is 14.2 Å². The summed E-state index contributed by atoms with van der Waals surface area (Å²) in [5, 5.41) is 6.11. The fraction of sp³-hybridized carbons (Fsp3) is 0.621. The van der Waals surface area contributed by atoms with Crippen LogP contribution < -0.4 is 15.4 Å². The maximum atomic E-state index is 11.6. The van der Waals surface area contributed by atoms with E-state index in [9.17, 15) is 9.59 Å². The Bertz CT molecular complexity index is 1010. The molecule has 1 aromatic heterocycles. The Balaban J connectivity index is 1.64. The molecule has 2 N–H and O–H groups in total. The van der Waals surface area contributed by atoms with Gasteiger partial charge >= 0.3 is 18.1 Å². The maximum Gasteiger partial charge on any atom is 0.407 e. The fourth-order valence-corrected chi connectivity index (χ4v) is 3.82. The first-order valence-electron chi connectivity index (χ1n) is 14.0. The average molecular weight is 544 g/mol. The summed E-state index contributed by atoms with van der Waals surface area (Å²) >= 11 is 0. The molecule has 2 aromatic rings. The summed E-state index contributed by atoms with van der Waals surface area (Å²) in [4.78, 5) is 36.6. The van der Waals surface area contributed by atoms with Crippen molar-refractivity contribution in [3.63, 3.8) is 0 Å². The highest BCUT2D eigenvalue weighted by atomic mass is 16.6. The van der Waals surface area contributed by atoms with Crippen molar-refractivity contribution in [2.24, 2.45) is 0 Å². The van der Waals surface area contributed by atoms with Crippen LogP contribution in [-0.2, 0) is 15.9 Å². The Morgan fingerprint density at radius 3 is 2.05 bits per heavy atom. The molecule has 0 fully saturated rings. The van der Waals surface area contributed by atoms with Crippen molar-refractivity contribution < 1.29 is 23.8 Å². The van der Waals surface area contributed by atoms with Gasteiger partial charge in [-0.15, -0.1) is 0 Å². The molecule has 0 saturated heterocycles. The molecule has 10 nitrogen and oxygen atoms in total. The molecular weight excluding hydrogens is 498 g/mol. The highest BCUT2D eigenvalue weighted by Gasteiger charge is 2.15. The van der Waals surface area contributed by atoms with Gasteiger partial charge in [-0.3, -0.25) is 0 Å². The molecule has 39 heavy (non-hydrogen) atoms. The molecule has 1 aromatic carbocycles. The van der Waals surface area contributed by atoms with E-state index in [1.165, 1.54) is 32.8 Å². The molecule has 0 aliphatic rings. The number of amides is 1. The Kier molecular flexibility index (Phi) is 14.0. The van der Waals surface area contributed by atoms with Crippen LogP contribution in [0.4, 0.5) is 10.7 Å². The maximum absolute atomic E-state index is 11.6. The largest absolute Gasteiger partial charge is 0.465 e. The SMILES string of the molecule is CCOc1nc(Cc2ccc(C(=O)OC)cc2)nc(NCCCCCCCCCCNC(=O)OC(C)(C)C)n1. The van der Waals surface area contributed by atoms with Crippen molar-refractivity contribution in [3.8, 4) is 6.01 Å². The molecule has 1 amide bonds. The third-order valence-electron chi connectivity index (χ3n) is 5.73. The summed E-state index contributed by atoms with van der Waals surface area (Å²) < 4.78 is 15.5. The molecule has 0 bridgehead atoms. The van der Waals surface area contributed by atoms with Crippen molar-refractivity contribution in [2.45, 2.75) is 91.1 Å². The van der Waals surface area contributed by atoms with Crippen LogP contribution in [0.1, 0.15) is 101 Å². The normalized spacial score (nSPS) is 11.1. The monoisotopic (exact) mass is 543 g/mol. The minimum atomic E-state index is -0.456. The highest BCUT2D eigenvalue weighted by Crippen LogP contribution is 2.14. The van der Waals surface area contributed by atoms with Gasteiger partial charge in [0, 0.05) is 19.5 Å². The number of hydrogen-bond acceptors (Lipinski definition) is 9. The lowest BCUT2D eigenvalue weighted by Crippen LogP contribution is -2.32. The van der Waals surface area contributed by atoms with E-state index in [1.807, 2.05) is 39.8 Å². The summed E-state index contributed by atoms with van der Waals surface area (Å²) in [6, 6.07) is 7.50. The first-order chi connectivity index (χ1) is 18.7. The average Bonchev–Trinajstić information content (AvgIpc) is 2.88. The molecule has 0 atom stereocenters. The van der Waals surface area contributed by atoms with Gasteiger partial charge in [-0.25, -0.2) is 9.59 Å². The summed E-state index contributed by atoms with van der Waals surface area (Å²) in [7, 11) is 1.36. The van der Waals surface area contributed by atoms with Crippen LogP contribution >= 0.6 is 0 Å². The highest BCUT2D eigenvalue weighted by molar-refractivity contribution is 5.89. The Hall–Kier alpha value is -3.43. The van der Waals surface area contributed by atoms with Crippen LogP contribution in [0.5, 0.6) is 6.01 Å². The number of nitrogens with one attached hydrogen (secondary N) is 2. The summed E-state index contributed by atoms with van der Waals surface area (Å²) in [5.74, 6) is 0.745. The molecular formula is C29H45N5O5. The van der Waals surface area contributed by atoms with Gasteiger partial charge < -0.3 is 24.8 Å². The van der Waals surface area contributed by atoms with Crippen LogP contribution in [0, 0.1) is 0 Å². The number of unbranched alkanes of at least 4 members (excludes halogenated alkanes) is 7. The number of ether oxygens (including phenoxy) is 3. The molecule has 10 heteroatoms. The quantitative estimate of drug-likeness (QED) is 0.191. The van der Waals surface area contributed by atoms with Gasteiger partial charge in [-0.2, -0.15) is 15.0 Å². The smallest absolute Gasteiger partial charge is 0.407 e. The zero-order valence-electron chi connectivity index (χ0n) is 24.2. The number of methoxy groups -OCH3 is 1. The Labute approximate surface area is 232 Å². The van der Waals surface area contributed by atoms with E-state index in [1.54, 1.807) is 12.1 Å². The number of carbonyl (C=O) groups excluding carboxylic acids is 2. The van der Waals surface area contributed by atoms with E-state index in [-0.39, 0.29) is 12.1 Å². The predicted octanol–water partition coefficient (Wildman–Crippen LogP) is 5.71. The number of benzene rings is 1. The van der Waals surface area contributed by atoms with Crippen molar-refractivity contribution in [1.82, 2.24) is 20.3 Å². The van der Waals surface area contributed by atoms with E-state index in [0.29, 0.717) is 42.9 Å². The van der Waals surface area contributed by atoms with Crippen LogP contribution in [0.2, 0.25) is 0 Å². The zero-order chi connectivity index (χ0) is 28.5. The second-order valence-electron chi connectivity index (χ2n) is 10.3. The minimum absolute atomic E-state index is 0.303. The number of rotatable bonds is 17. The number of nitrogens with zero attached hydrogens (tertiary/aromatic N) is 3. The number of alkyl carbamates (subject to hydrolysis) is 1. The number of hydrogen-bond donors (Lipinski definition) is 2. The number of anilines is 1. The first-order valence-corrected chi connectivity index (χ1v) is 14.0. The van der Waals surface area contributed by atoms with Gasteiger partial charge in [0.25, 0.3) is 0 Å². The van der Waals surface area contributed by atoms with Crippen LogP contribution in [-0.4, -0.2) is 59.4 Å². The van der Waals surface area contributed by atoms with Crippen LogP contribution in [0.15, 0.2) is 24.3 Å². The molecule has 0 spiro atoms. The van der Waals surface area contributed by atoms with Gasteiger partial charge in [0.15, 0.2) is 0 Å². The fourth-order valence-electron chi connectivity index (χ4n) is 3.82. The Morgan fingerprint density at radius 2 is 1.46 bits per heavy atom. The summed E-state index contributed by atoms with van der Waals surface area (Å²) in [5.41, 5.74) is 1.02. The van der Waals surface area contributed by atoms with Crippen molar-refractivity contribution >= 4 is 18.0 Å². The topological polar surface area (TPSA) is 125 Å². The lowest BCUT2D eigenvalue weighted by atomic mass is 10.1. The lowest BCUT2D eigenvalue weighted by Gasteiger charge is -2.19. The number of aromatic nitrogens is 3. The van der Waals surface area contributed by atoms with Crippen molar-refractivity contribution in [2.75, 3.05) is 32.1 Å². The summed E-state index contributed by atoms with van der Waals surface area (Å²) in [6.07, 6.45) is 9.17. The molecule has 0 unspecified atom stereocenters. The number of esters is 1. The number of carbonyl (C=O) groups is 2. The second kappa shape index (κ2) is 17.2. The molecule has 0 aliphatic carbocycles. The van der Waals surface area contributed by atoms with Gasteiger partial charge in [-0.1, -0.05) is 50.7 Å². The lowest BCUT2D eigenvalue weighted by molar-refractivity contribution is 0.0525. The molecule has 1 heterocycles. The van der Waals surface area contributed by atoms with Crippen LogP contribution in [0.25, 0.3) is 0 Å². The van der Waals surface area contributed by atoms with E-state index in [2.05, 4.69) is 25.6 Å². The van der Waals surface area contributed by atoms with Gasteiger partial charge in [0.1, 0.15) is 11.4 Å². The van der Waals surface area contributed by atoms with Gasteiger partial charge in [0.2, 0.25) is 5.95 Å². The molecule has 0 radical (unpaired) electrons. The third kappa shape index (κ3) is 13.8. The van der Waals surface area contributed by atoms with Gasteiger partial charge in [0.05, 0.1) is 19.3 Å². The van der Waals surface area contributed by atoms with E-state index < -0.39 is 5.60 Å².